The topological polar surface area (TPSA) is 315 Å². The van der Waals surface area contributed by atoms with Crippen LogP contribution in [0.1, 0.15) is 47.8 Å². The molecule has 0 bridgehead atoms. The summed E-state index contributed by atoms with van der Waals surface area (Å²) >= 11 is 5.27. The van der Waals surface area contributed by atoms with Gasteiger partial charge in [-0.05, 0) is 104 Å². The van der Waals surface area contributed by atoms with Crippen LogP contribution in [-0.2, 0) is 0 Å². The van der Waals surface area contributed by atoms with Gasteiger partial charge in [0.2, 0.25) is 30.0 Å². The number of anilines is 5. The molecule has 0 saturated carbocycles. The van der Waals surface area contributed by atoms with Crippen molar-refractivity contribution in [3.8, 4) is 17.6 Å². The number of nitrogens with one attached hydrogen (secondary N) is 3. The van der Waals surface area contributed by atoms with Gasteiger partial charge >= 0.3 is 0 Å². The molecule has 8 aromatic rings. The summed E-state index contributed by atoms with van der Waals surface area (Å²) in [6.07, 6.45) is 1.41. The third-order valence-corrected chi connectivity index (χ3v) is 9.17. The molecule has 0 spiro atoms. The summed E-state index contributed by atoms with van der Waals surface area (Å²) in [6, 6.07) is 50.1. The molecule has 2 amide bonds. The fraction of sp³-hybridized carbons (Fsp3) is 0.0625. The Morgan fingerprint density at radius 1 is 0.594 bits per heavy atom. The number of amides is 2. The fourth-order valence-corrected chi connectivity index (χ4v) is 5.89. The van der Waals surface area contributed by atoms with Gasteiger partial charge in [-0.2, -0.15) is 24.6 Å². The van der Waals surface area contributed by atoms with Gasteiger partial charge in [0.15, 0.2) is 0 Å². The van der Waals surface area contributed by atoms with Crippen molar-refractivity contribution in [1.29, 1.82) is 5.26 Å². The first-order chi connectivity index (χ1) is 32.7. The predicted octanol–water partition coefficient (Wildman–Crippen LogP) is 7.06. The number of aromatic nitrogens is 6. The second-order valence-electron chi connectivity index (χ2n) is 13.9. The number of carbonyl (C=O) groups is 3. The monoisotopic (exact) mass is 952 g/mol. The van der Waals surface area contributed by atoms with Gasteiger partial charge in [-0.15, -0.1) is 15.2 Å². The molecule has 0 unspecified atom stereocenters. The number of nitriles is 1. The van der Waals surface area contributed by atoms with Gasteiger partial charge in [-0.1, -0.05) is 109 Å². The van der Waals surface area contributed by atoms with E-state index in [1.807, 2.05) is 148 Å². The maximum Gasteiger partial charge on any atom is 0.258 e. The number of halogens is 2. The second kappa shape index (κ2) is 27.8. The third-order valence-electron chi connectivity index (χ3n) is 8.96. The Bertz CT molecular complexity index is 2960. The summed E-state index contributed by atoms with van der Waals surface area (Å²) in [5, 5.41) is 21.1. The van der Waals surface area contributed by atoms with Crippen LogP contribution >= 0.6 is 11.6 Å². The highest BCUT2D eigenvalue weighted by Gasteiger charge is 2.19. The molecule has 0 saturated heterocycles. The van der Waals surface area contributed by atoms with E-state index in [-0.39, 0.29) is 40.3 Å². The number of aryl methyl sites for hydroxylation is 3. The molecule has 6 aromatic carbocycles. The van der Waals surface area contributed by atoms with Crippen LogP contribution in [0.2, 0.25) is 0 Å². The minimum absolute atomic E-state index is 0. The van der Waals surface area contributed by atoms with E-state index in [1.165, 1.54) is 15.6 Å². The molecule has 0 fully saturated rings. The number of carbonyl (C=O) groups excluding carboxylic acids is 3. The minimum Gasteiger partial charge on any atom is -0.369 e. The molecule has 21 heteroatoms. The van der Waals surface area contributed by atoms with E-state index in [1.54, 1.807) is 36.4 Å². The highest BCUT2D eigenvalue weighted by atomic mass is 35.5. The number of guanidine groups is 1. The number of hydrazine groups is 1. The maximum absolute atomic E-state index is 12.8. The Morgan fingerprint density at radius 3 is 1.38 bits per heavy atom. The lowest BCUT2D eigenvalue weighted by Gasteiger charge is -2.08. The van der Waals surface area contributed by atoms with Crippen molar-refractivity contribution in [2.24, 2.45) is 22.3 Å². The molecular formula is C48H50ClFN16O3. The Labute approximate surface area is 402 Å². The first-order valence-electron chi connectivity index (χ1n) is 20.3. The molecule has 0 atom stereocenters. The number of nitrogen functional groups attached to an aromatic ring is 3. The third kappa shape index (κ3) is 17.1. The van der Waals surface area contributed by atoms with E-state index >= 15 is 0 Å². The van der Waals surface area contributed by atoms with Gasteiger partial charge in [0.1, 0.15) is 0 Å². The number of para-hydroxylation sites is 3. The first-order valence-corrected chi connectivity index (χ1v) is 20.6. The van der Waals surface area contributed by atoms with Crippen molar-refractivity contribution in [3.63, 3.8) is 0 Å². The van der Waals surface area contributed by atoms with E-state index in [9.17, 15) is 14.4 Å². The van der Waals surface area contributed by atoms with Gasteiger partial charge < -0.3 is 28.4 Å². The summed E-state index contributed by atoms with van der Waals surface area (Å²) in [6.45, 7) is 5.58. The van der Waals surface area contributed by atoms with Crippen molar-refractivity contribution in [2.75, 3.05) is 27.5 Å². The summed E-state index contributed by atoms with van der Waals surface area (Å²) in [7, 11) is 0. The number of hydrogen-bond donors (Lipinski definition) is 8. The van der Waals surface area contributed by atoms with E-state index in [0.29, 0.717) is 28.3 Å². The number of rotatable bonds is 8. The molecule has 0 aliphatic carbocycles. The zero-order chi connectivity index (χ0) is 49.4. The smallest absolute Gasteiger partial charge is 0.258 e. The number of hydrogen-bond acceptors (Lipinski definition) is 13. The highest BCUT2D eigenvalue weighted by Crippen LogP contribution is 2.19. The average Bonchev–Trinajstić information content (AvgIpc) is 3.90. The molecule has 0 aliphatic rings. The average molecular weight is 953 g/mol. The van der Waals surface area contributed by atoms with Gasteiger partial charge in [-0.25, -0.2) is 0 Å². The second-order valence-corrected chi connectivity index (χ2v) is 14.2. The summed E-state index contributed by atoms with van der Waals surface area (Å²) in [4.78, 5) is 47.2. The maximum atomic E-state index is 12.8. The molecular weight excluding hydrogens is 903 g/mol. The van der Waals surface area contributed by atoms with Gasteiger partial charge in [0.05, 0.1) is 11.4 Å². The van der Waals surface area contributed by atoms with Crippen LogP contribution < -0.4 is 44.8 Å². The zero-order valence-corrected chi connectivity index (χ0v) is 38.3. The van der Waals surface area contributed by atoms with Crippen LogP contribution in [0.5, 0.6) is 0 Å². The largest absolute Gasteiger partial charge is 0.369 e. The van der Waals surface area contributed by atoms with Crippen molar-refractivity contribution in [3.05, 3.63) is 197 Å². The minimum atomic E-state index is -0.391. The summed E-state index contributed by atoms with van der Waals surface area (Å²) in [5.41, 5.74) is 29.7. The number of aliphatic imine (C=N–C) groups is 1. The first kappa shape index (κ1) is 53.9. The fourth-order valence-electron chi connectivity index (χ4n) is 5.67. The lowest BCUT2D eigenvalue weighted by molar-refractivity contribution is 0.101. The highest BCUT2D eigenvalue weighted by molar-refractivity contribution is 6.67. The van der Waals surface area contributed by atoms with Crippen molar-refractivity contribution in [1.82, 2.24) is 29.5 Å². The normalized spacial score (nSPS) is 9.51. The van der Waals surface area contributed by atoms with Crippen LogP contribution in [0.15, 0.2) is 169 Å². The Balaban J connectivity index is 0.000000271. The van der Waals surface area contributed by atoms with E-state index < -0.39 is 5.24 Å². The molecule has 69 heavy (non-hydrogen) atoms. The molecule has 354 valence electrons. The molecule has 8 rings (SSSR count). The van der Waals surface area contributed by atoms with Gasteiger partial charge in [0.25, 0.3) is 23.0 Å². The van der Waals surface area contributed by atoms with E-state index in [2.05, 4.69) is 41.2 Å². The van der Waals surface area contributed by atoms with Crippen LogP contribution in [0, 0.1) is 32.2 Å². The van der Waals surface area contributed by atoms with Crippen LogP contribution in [0.25, 0.3) is 11.4 Å². The molecule has 19 nitrogen and oxygen atoms in total. The number of nitrogens with two attached hydrogens (primary N) is 5. The van der Waals surface area contributed by atoms with Gasteiger partial charge in [0, 0.05) is 22.4 Å². The van der Waals surface area contributed by atoms with Crippen molar-refractivity contribution in [2.45, 2.75) is 20.8 Å². The van der Waals surface area contributed by atoms with Crippen LogP contribution in [-0.4, -0.2) is 52.5 Å². The lowest BCUT2D eigenvalue weighted by Crippen LogP contribution is -2.21. The molecule has 2 heterocycles. The number of nitrogens with zero attached hydrogens (tertiary/aromatic N) is 8. The lowest BCUT2D eigenvalue weighted by atomic mass is 10.1. The van der Waals surface area contributed by atoms with Crippen molar-refractivity contribution >= 4 is 64.1 Å². The van der Waals surface area contributed by atoms with E-state index in [0.717, 1.165) is 28.1 Å². The van der Waals surface area contributed by atoms with E-state index in [4.69, 9.17) is 45.6 Å². The molecule has 0 aliphatic heterocycles. The standard InChI is InChI=1S/C24H21N5O2.C8H7ClO.C8H9N5.C6H8N2.C2H4N4.FH/c1-16-10-6-8-14-19(16)21(30)25-23-27-24(29(28-23)18-12-4-3-5-13-18)26-22(31)20-15-9-7-11-17(20)2;1-6-4-2-3-5-7(6)8(9)10;9-7-11-8(10)13(12-7)6-4-2-1-3-5-6;7-8-6-4-2-1-3-5-6;3-1-6-2(4)5;/h3-15H,1-2H3,(H2,25,26,27,28,30,31);2-5H,1H3;1-5H,(H4,9,10,11,12);1-5,8H,7H2;(H4,4,5,6);1H. The summed E-state index contributed by atoms with van der Waals surface area (Å²) < 4.78 is 2.99. The zero-order valence-electron chi connectivity index (χ0n) is 37.6. The Morgan fingerprint density at radius 2 is 1.01 bits per heavy atom. The van der Waals surface area contributed by atoms with Crippen LogP contribution in [0.3, 0.4) is 0 Å². The summed E-state index contributed by atoms with van der Waals surface area (Å²) in [5.74, 6) is 5.06. The van der Waals surface area contributed by atoms with Crippen LogP contribution in [0.4, 0.5) is 34.2 Å². The molecule has 0 radical (unpaired) electrons. The predicted molar refractivity (Wildman–Crippen MR) is 269 cm³/mol. The van der Waals surface area contributed by atoms with Gasteiger partial charge in [-0.3, -0.25) is 35.6 Å². The SMILES string of the molecule is Cc1ccccc1C(=O)Cl.Cc1ccccc1C(=O)Nc1nc(NC(=O)c2ccccc2C)n(-c2ccccc2)n1.F.N#CN=C(N)N.NNc1ccccc1.Nc1nc(N)n(-c2ccccc2)n1. The number of benzene rings is 6. The molecule has 13 N–H and O–H groups in total. The molecule has 2 aromatic heterocycles. The Kier molecular flexibility index (Phi) is 21.7. The van der Waals surface area contributed by atoms with Crippen molar-refractivity contribution < 1.29 is 19.1 Å². The quantitative estimate of drug-likeness (QED) is 0.0189. The Hall–Kier alpha value is -9.45.